The predicted molar refractivity (Wildman–Crippen MR) is 85.4 cm³/mol. The van der Waals surface area contributed by atoms with Gasteiger partial charge in [0.05, 0.1) is 0 Å². The quantitative estimate of drug-likeness (QED) is 0.561. The zero-order chi connectivity index (χ0) is 15.4. The fourth-order valence-corrected chi connectivity index (χ4v) is 3.86. The van der Waals surface area contributed by atoms with Crippen LogP contribution in [0.15, 0.2) is 54.9 Å². The maximum absolute atomic E-state index is 6.09. The summed E-state index contributed by atoms with van der Waals surface area (Å²) in [4.78, 5) is 0. The molecule has 4 nitrogen and oxygen atoms in total. The molecule has 0 amide bonds. The SMILES string of the molecule is Cc1ccccc1-n1c[n+]2c(n1)CO[C@@H]1Cc3ccccc3[C@@H]12.[Cl-]. The van der Waals surface area contributed by atoms with E-state index >= 15 is 0 Å². The number of halogens is 1. The highest BCUT2D eigenvalue weighted by molar-refractivity contribution is 5.39. The third kappa shape index (κ3) is 2.18. The number of aromatic nitrogens is 3. The fraction of sp³-hybridized carbons (Fsp3) is 0.263. The van der Waals surface area contributed by atoms with Crippen LogP contribution in [-0.4, -0.2) is 15.9 Å². The Bertz CT molecular complexity index is 905. The minimum Gasteiger partial charge on any atom is -1.00 e. The third-order valence-electron chi connectivity index (χ3n) is 4.99. The van der Waals surface area contributed by atoms with Crippen LogP contribution >= 0.6 is 0 Å². The summed E-state index contributed by atoms with van der Waals surface area (Å²) in [5.41, 5.74) is 5.11. The summed E-state index contributed by atoms with van der Waals surface area (Å²) in [7, 11) is 0. The Balaban J connectivity index is 0.00000146. The van der Waals surface area contributed by atoms with Crippen LogP contribution in [0.1, 0.15) is 28.6 Å². The number of rotatable bonds is 1. The summed E-state index contributed by atoms with van der Waals surface area (Å²) in [6.07, 6.45) is 3.34. The highest BCUT2D eigenvalue weighted by Gasteiger charge is 2.43. The molecule has 2 aromatic carbocycles. The lowest BCUT2D eigenvalue weighted by molar-refractivity contribution is -0.739. The van der Waals surface area contributed by atoms with Crippen LogP contribution in [0, 0.1) is 6.92 Å². The van der Waals surface area contributed by atoms with Crippen LogP contribution in [0.5, 0.6) is 0 Å². The average molecular weight is 340 g/mol. The van der Waals surface area contributed by atoms with E-state index in [-0.39, 0.29) is 24.6 Å². The monoisotopic (exact) mass is 339 g/mol. The topological polar surface area (TPSA) is 30.9 Å². The van der Waals surface area contributed by atoms with E-state index < -0.39 is 0 Å². The van der Waals surface area contributed by atoms with E-state index in [0.717, 1.165) is 17.9 Å². The van der Waals surface area contributed by atoms with Gasteiger partial charge in [-0.15, -0.1) is 0 Å². The zero-order valence-electron chi connectivity index (χ0n) is 13.4. The van der Waals surface area contributed by atoms with Crippen LogP contribution in [0.4, 0.5) is 0 Å². The first-order chi connectivity index (χ1) is 11.3. The summed E-state index contributed by atoms with van der Waals surface area (Å²) in [6, 6.07) is 17.2. The molecular formula is C19H18ClN3O. The summed E-state index contributed by atoms with van der Waals surface area (Å²) < 4.78 is 10.4. The van der Waals surface area contributed by atoms with Crippen LogP contribution in [0.25, 0.3) is 5.69 Å². The molecule has 1 aliphatic carbocycles. The van der Waals surface area contributed by atoms with Crippen molar-refractivity contribution in [2.24, 2.45) is 0 Å². The molecule has 0 fully saturated rings. The summed E-state index contributed by atoms with van der Waals surface area (Å²) in [6.45, 7) is 2.69. The minimum atomic E-state index is 0. The first kappa shape index (κ1) is 15.4. The van der Waals surface area contributed by atoms with Gasteiger partial charge in [-0.05, 0) is 29.7 Å². The molecule has 5 rings (SSSR count). The lowest BCUT2D eigenvalue weighted by Crippen LogP contribution is -3.00. The van der Waals surface area contributed by atoms with Crippen LogP contribution in [0.3, 0.4) is 0 Å². The lowest BCUT2D eigenvalue weighted by Gasteiger charge is -2.23. The molecule has 0 unspecified atom stereocenters. The zero-order valence-corrected chi connectivity index (χ0v) is 14.1. The molecule has 0 saturated heterocycles. The van der Waals surface area contributed by atoms with Crippen molar-refractivity contribution in [3.63, 3.8) is 0 Å². The third-order valence-corrected chi connectivity index (χ3v) is 4.99. The highest BCUT2D eigenvalue weighted by atomic mass is 35.5. The van der Waals surface area contributed by atoms with Gasteiger partial charge in [0, 0.05) is 11.5 Å². The van der Waals surface area contributed by atoms with Crippen molar-refractivity contribution >= 4 is 0 Å². The van der Waals surface area contributed by atoms with Crippen molar-refractivity contribution in [2.45, 2.75) is 32.1 Å². The normalized spacial score (nSPS) is 20.7. The van der Waals surface area contributed by atoms with Crippen molar-refractivity contribution in [3.8, 4) is 5.69 Å². The molecule has 1 aliphatic heterocycles. The van der Waals surface area contributed by atoms with Gasteiger partial charge in [-0.1, -0.05) is 47.1 Å². The van der Waals surface area contributed by atoms with Gasteiger partial charge < -0.3 is 17.1 Å². The molecule has 0 N–H and O–H groups in total. The number of nitrogens with zero attached hydrogens (tertiary/aromatic N) is 3. The maximum atomic E-state index is 6.09. The Labute approximate surface area is 147 Å². The number of para-hydroxylation sites is 1. The molecule has 0 bridgehead atoms. The number of hydrogen-bond acceptors (Lipinski definition) is 2. The van der Waals surface area contributed by atoms with Crippen molar-refractivity contribution in [3.05, 3.63) is 77.4 Å². The van der Waals surface area contributed by atoms with Crippen molar-refractivity contribution in [1.29, 1.82) is 0 Å². The Morgan fingerprint density at radius 2 is 1.92 bits per heavy atom. The standard InChI is InChI=1S/C19H18N3O.ClH/c1-13-6-2-5-9-16(13)22-12-21-18(20-22)11-23-17-10-14-7-3-4-8-15(14)19(17)21;/h2-9,12,17,19H,10-11H2,1H3;1H/q+1;/p-1/t17-,19+;/m1./s1. The molecule has 0 radical (unpaired) electrons. The van der Waals surface area contributed by atoms with E-state index in [1.807, 2.05) is 4.68 Å². The number of aryl methyl sites for hydroxylation is 1. The summed E-state index contributed by atoms with van der Waals surface area (Å²) >= 11 is 0. The molecule has 2 atom stereocenters. The second kappa shape index (κ2) is 5.72. The first-order valence-electron chi connectivity index (χ1n) is 8.06. The Hall–Kier alpha value is -2.17. The predicted octanol–water partition coefficient (Wildman–Crippen LogP) is -0.483. The van der Waals surface area contributed by atoms with E-state index in [4.69, 9.17) is 9.84 Å². The van der Waals surface area contributed by atoms with Crippen molar-refractivity contribution in [1.82, 2.24) is 9.78 Å². The van der Waals surface area contributed by atoms with E-state index in [9.17, 15) is 0 Å². The molecule has 24 heavy (non-hydrogen) atoms. The highest BCUT2D eigenvalue weighted by Crippen LogP contribution is 2.35. The molecule has 0 spiro atoms. The van der Waals surface area contributed by atoms with Gasteiger partial charge in [-0.3, -0.25) is 0 Å². The number of ether oxygens (including phenoxy) is 1. The molecule has 2 aliphatic rings. The molecule has 2 heterocycles. The van der Waals surface area contributed by atoms with Gasteiger partial charge in [0.15, 0.2) is 0 Å². The number of benzene rings is 2. The van der Waals surface area contributed by atoms with E-state index in [2.05, 4.69) is 66.3 Å². The molecule has 1 aromatic heterocycles. The van der Waals surface area contributed by atoms with Crippen LogP contribution in [0.2, 0.25) is 0 Å². The minimum absolute atomic E-state index is 0. The van der Waals surface area contributed by atoms with Gasteiger partial charge in [0.25, 0.3) is 0 Å². The first-order valence-corrected chi connectivity index (χ1v) is 8.06. The lowest BCUT2D eigenvalue weighted by atomic mass is 10.1. The van der Waals surface area contributed by atoms with Gasteiger partial charge in [-0.2, -0.15) is 0 Å². The molecule has 0 saturated carbocycles. The molecular weight excluding hydrogens is 322 g/mol. The van der Waals surface area contributed by atoms with Gasteiger partial charge in [0.1, 0.15) is 24.4 Å². The fourth-order valence-electron chi connectivity index (χ4n) is 3.86. The average Bonchev–Trinajstić information content (AvgIpc) is 3.15. The second-order valence-electron chi connectivity index (χ2n) is 6.37. The Morgan fingerprint density at radius 3 is 2.79 bits per heavy atom. The maximum Gasteiger partial charge on any atom is 0.304 e. The van der Waals surface area contributed by atoms with Crippen molar-refractivity contribution < 1.29 is 21.7 Å². The second-order valence-corrected chi connectivity index (χ2v) is 6.37. The Morgan fingerprint density at radius 1 is 1.12 bits per heavy atom. The Kier molecular flexibility index (Phi) is 3.66. The number of hydrogen-bond donors (Lipinski definition) is 0. The van der Waals surface area contributed by atoms with Gasteiger partial charge in [0.2, 0.25) is 6.33 Å². The van der Waals surface area contributed by atoms with Crippen LogP contribution in [-0.2, 0) is 17.8 Å². The van der Waals surface area contributed by atoms with Crippen LogP contribution < -0.4 is 17.0 Å². The largest absolute Gasteiger partial charge is 1.00 e. The van der Waals surface area contributed by atoms with Crippen molar-refractivity contribution in [2.75, 3.05) is 0 Å². The molecule has 3 aromatic rings. The van der Waals surface area contributed by atoms with E-state index in [1.54, 1.807) is 0 Å². The van der Waals surface area contributed by atoms with Gasteiger partial charge >= 0.3 is 5.82 Å². The summed E-state index contributed by atoms with van der Waals surface area (Å²) in [5.74, 6) is 0.992. The smallest absolute Gasteiger partial charge is 0.304 e. The molecule has 5 heteroatoms. The van der Waals surface area contributed by atoms with E-state index in [1.165, 1.54) is 16.7 Å². The molecule has 122 valence electrons. The van der Waals surface area contributed by atoms with Gasteiger partial charge in [-0.25, -0.2) is 4.57 Å². The number of fused-ring (bicyclic) bond motifs is 5. The van der Waals surface area contributed by atoms with E-state index in [0.29, 0.717) is 6.61 Å². The summed E-state index contributed by atoms with van der Waals surface area (Å²) in [5, 5.41) is 4.77.